The van der Waals surface area contributed by atoms with E-state index in [1.165, 1.54) is 64.2 Å². The Kier molecular flexibility index (Phi) is 38.7. The van der Waals surface area contributed by atoms with E-state index in [-0.39, 0.29) is 62.5 Å². The summed E-state index contributed by atoms with van der Waals surface area (Å²) in [6, 6.07) is 0. The first-order valence-corrected chi connectivity index (χ1v) is 23.9. The highest BCUT2D eigenvalue weighted by Crippen LogP contribution is 2.17. The normalized spacial score (nSPS) is 13.9. The van der Waals surface area contributed by atoms with Gasteiger partial charge in [-0.2, -0.15) is 0 Å². The van der Waals surface area contributed by atoms with E-state index in [2.05, 4.69) is 31.4 Å². The number of allylic oxidation sites excluding steroid dienone is 1. The van der Waals surface area contributed by atoms with Gasteiger partial charge in [0.25, 0.3) is 0 Å². The molecule has 12 nitrogen and oxygen atoms in total. The van der Waals surface area contributed by atoms with E-state index in [1.807, 2.05) is 30.8 Å². The Balaban J connectivity index is 4.40. The third-order valence-electron chi connectivity index (χ3n) is 10.8. The SMILES string of the molecule is CCCCCCCCCCCCCN(C)CC(=O)OC(CCCCC)C(O)C/C=C/CC(=O)CNCCNC(=O)C/C=C/CC(O)C(CCCCC)OC(=O)CN(C)CC. The number of aliphatic hydroxyl groups excluding tert-OH is 2. The van der Waals surface area contributed by atoms with Gasteiger partial charge in [-0.3, -0.25) is 29.0 Å². The summed E-state index contributed by atoms with van der Waals surface area (Å²) in [5, 5.41) is 27.5. The van der Waals surface area contributed by atoms with Crippen molar-refractivity contribution in [2.45, 2.75) is 200 Å². The van der Waals surface area contributed by atoms with Crippen molar-refractivity contribution in [3.05, 3.63) is 24.3 Å². The van der Waals surface area contributed by atoms with E-state index in [9.17, 15) is 29.4 Å². The van der Waals surface area contributed by atoms with Gasteiger partial charge in [-0.15, -0.1) is 0 Å². The van der Waals surface area contributed by atoms with Crippen molar-refractivity contribution < 1.29 is 38.9 Å². The minimum atomic E-state index is -0.845. The maximum Gasteiger partial charge on any atom is 0.320 e. The lowest BCUT2D eigenvalue weighted by Gasteiger charge is -2.24. The Morgan fingerprint density at radius 3 is 1.52 bits per heavy atom. The van der Waals surface area contributed by atoms with E-state index in [1.54, 1.807) is 24.3 Å². The van der Waals surface area contributed by atoms with Crippen LogP contribution in [0.1, 0.15) is 175 Å². The number of ether oxygens (including phenoxy) is 2. The third kappa shape index (κ3) is 35.0. The standard InChI is InChI=1S/C48H90N4O8/c1-7-11-14-15-16-17-18-19-20-21-28-37-52(6)40-48(58)60-45(33-23-13-9-3)42(54)30-25-24-29-41(53)38-49-35-36-50-46(56)34-27-26-31-43(55)44(32-22-12-8-2)59-47(57)39-51(5)10-4/h24-27,42-45,49,54-55H,7-23,28-40H2,1-6H3,(H,50,56)/b25-24+,27-26+. The fraction of sp³-hybridized carbons (Fsp3) is 0.833. The highest BCUT2D eigenvalue weighted by molar-refractivity contribution is 5.81. The molecular weight excluding hydrogens is 761 g/mol. The summed E-state index contributed by atoms with van der Waals surface area (Å²) in [6.07, 6.45) is 26.2. The van der Waals surface area contributed by atoms with E-state index in [4.69, 9.17) is 9.47 Å². The molecule has 1 amide bonds. The average Bonchev–Trinajstić information content (AvgIpc) is 3.22. The number of rotatable bonds is 42. The summed E-state index contributed by atoms with van der Waals surface area (Å²) in [4.78, 5) is 53.7. The topological polar surface area (TPSA) is 158 Å². The summed E-state index contributed by atoms with van der Waals surface area (Å²) in [6.45, 7) is 11.3. The van der Waals surface area contributed by atoms with Crippen molar-refractivity contribution in [1.82, 2.24) is 20.4 Å². The molecular formula is C48H90N4O8. The van der Waals surface area contributed by atoms with Gasteiger partial charge >= 0.3 is 11.9 Å². The van der Waals surface area contributed by atoms with Crippen LogP contribution in [0.3, 0.4) is 0 Å². The molecule has 0 heterocycles. The summed E-state index contributed by atoms with van der Waals surface area (Å²) in [7, 11) is 3.79. The van der Waals surface area contributed by atoms with E-state index >= 15 is 0 Å². The Morgan fingerprint density at radius 2 is 1.02 bits per heavy atom. The minimum Gasteiger partial charge on any atom is -0.459 e. The molecule has 12 heteroatoms. The highest BCUT2D eigenvalue weighted by Gasteiger charge is 2.24. The smallest absolute Gasteiger partial charge is 0.320 e. The van der Waals surface area contributed by atoms with Gasteiger partial charge in [-0.25, -0.2) is 0 Å². The Hall–Kier alpha value is -2.64. The second kappa shape index (κ2) is 40.4. The molecule has 0 fully saturated rings. The number of Topliss-reactive ketones (excluding diaryl/α,β-unsaturated/α-hetero) is 1. The highest BCUT2D eigenvalue weighted by atomic mass is 16.6. The Morgan fingerprint density at radius 1 is 0.567 bits per heavy atom. The number of amides is 1. The lowest BCUT2D eigenvalue weighted by atomic mass is 10.0. The number of hydrogen-bond acceptors (Lipinski definition) is 11. The molecule has 0 saturated heterocycles. The number of esters is 2. The van der Waals surface area contributed by atoms with Crippen LogP contribution in [-0.2, 0) is 28.7 Å². The van der Waals surface area contributed by atoms with Gasteiger partial charge in [0.15, 0.2) is 0 Å². The summed E-state index contributed by atoms with van der Waals surface area (Å²) in [5.74, 6) is -0.853. The Labute approximate surface area is 366 Å². The lowest BCUT2D eigenvalue weighted by molar-refractivity contribution is -0.157. The van der Waals surface area contributed by atoms with Crippen molar-refractivity contribution in [2.24, 2.45) is 0 Å². The first-order valence-electron chi connectivity index (χ1n) is 23.9. The van der Waals surface area contributed by atoms with Crippen molar-refractivity contribution in [2.75, 3.05) is 59.9 Å². The second-order valence-corrected chi connectivity index (χ2v) is 16.7. The quantitative estimate of drug-likeness (QED) is 0.0270. The zero-order valence-corrected chi connectivity index (χ0v) is 39.1. The van der Waals surface area contributed by atoms with Crippen molar-refractivity contribution in [1.29, 1.82) is 0 Å². The van der Waals surface area contributed by atoms with Crippen molar-refractivity contribution in [3.63, 3.8) is 0 Å². The fourth-order valence-electron chi connectivity index (χ4n) is 6.78. The summed E-state index contributed by atoms with van der Waals surface area (Å²) in [5.41, 5.74) is 0. The van der Waals surface area contributed by atoms with Crippen LogP contribution in [0.15, 0.2) is 24.3 Å². The number of nitrogens with zero attached hydrogens (tertiary/aromatic N) is 2. The zero-order valence-electron chi connectivity index (χ0n) is 39.1. The molecule has 4 N–H and O–H groups in total. The number of hydrogen-bond donors (Lipinski definition) is 4. The molecule has 0 radical (unpaired) electrons. The van der Waals surface area contributed by atoms with Gasteiger partial charge < -0.3 is 30.3 Å². The molecule has 0 aliphatic heterocycles. The second-order valence-electron chi connectivity index (χ2n) is 16.7. The number of carbonyl (C=O) groups is 4. The molecule has 0 saturated carbocycles. The maximum atomic E-state index is 12.8. The van der Waals surface area contributed by atoms with Crippen LogP contribution >= 0.6 is 0 Å². The summed E-state index contributed by atoms with van der Waals surface area (Å²) < 4.78 is 11.4. The molecule has 0 spiro atoms. The van der Waals surface area contributed by atoms with Crippen molar-refractivity contribution in [3.8, 4) is 0 Å². The monoisotopic (exact) mass is 851 g/mol. The van der Waals surface area contributed by atoms with Crippen LogP contribution in [0.2, 0.25) is 0 Å². The van der Waals surface area contributed by atoms with Gasteiger partial charge in [-0.1, -0.05) is 142 Å². The van der Waals surface area contributed by atoms with Crippen LogP contribution in [-0.4, -0.2) is 128 Å². The number of nitrogens with one attached hydrogen (secondary N) is 2. The predicted octanol–water partition coefficient (Wildman–Crippen LogP) is 7.83. The number of ketones is 1. The molecule has 0 aromatic heterocycles. The van der Waals surface area contributed by atoms with Crippen LogP contribution in [0, 0.1) is 0 Å². The summed E-state index contributed by atoms with van der Waals surface area (Å²) >= 11 is 0. The molecule has 0 aliphatic carbocycles. The Bertz CT molecular complexity index is 1140. The van der Waals surface area contributed by atoms with Gasteiger partial charge in [-0.05, 0) is 72.1 Å². The predicted molar refractivity (Wildman–Crippen MR) is 245 cm³/mol. The minimum absolute atomic E-state index is 0.0172. The fourth-order valence-corrected chi connectivity index (χ4v) is 6.78. The molecule has 4 atom stereocenters. The first kappa shape index (κ1) is 57.4. The molecule has 60 heavy (non-hydrogen) atoms. The maximum absolute atomic E-state index is 12.8. The van der Waals surface area contributed by atoms with Crippen molar-refractivity contribution >= 4 is 23.6 Å². The van der Waals surface area contributed by atoms with Crippen LogP contribution in [0.5, 0.6) is 0 Å². The van der Waals surface area contributed by atoms with Crippen LogP contribution in [0.25, 0.3) is 0 Å². The van der Waals surface area contributed by atoms with Gasteiger partial charge in [0, 0.05) is 25.9 Å². The molecule has 0 aromatic carbocycles. The van der Waals surface area contributed by atoms with Crippen LogP contribution in [0.4, 0.5) is 0 Å². The molecule has 0 aliphatic rings. The molecule has 0 aromatic rings. The molecule has 4 unspecified atom stereocenters. The lowest BCUT2D eigenvalue weighted by Crippen LogP contribution is -2.36. The number of aliphatic hydroxyl groups is 2. The molecule has 0 bridgehead atoms. The van der Waals surface area contributed by atoms with Gasteiger partial charge in [0.05, 0.1) is 31.8 Å². The van der Waals surface area contributed by atoms with Crippen LogP contribution < -0.4 is 10.6 Å². The average molecular weight is 851 g/mol. The third-order valence-corrected chi connectivity index (χ3v) is 10.8. The van der Waals surface area contributed by atoms with E-state index in [0.717, 1.165) is 58.0 Å². The van der Waals surface area contributed by atoms with E-state index in [0.29, 0.717) is 32.4 Å². The molecule has 350 valence electrons. The number of carbonyl (C=O) groups excluding carboxylic acids is 4. The number of unbranched alkanes of at least 4 members (excludes halogenated alkanes) is 14. The van der Waals surface area contributed by atoms with E-state index < -0.39 is 24.4 Å². The zero-order chi connectivity index (χ0) is 44.6. The largest absolute Gasteiger partial charge is 0.459 e. The molecule has 0 rings (SSSR count). The number of likely N-dealkylation sites (N-methyl/N-ethyl adjacent to an activating group) is 2. The van der Waals surface area contributed by atoms with Gasteiger partial charge in [0.2, 0.25) is 5.91 Å². The first-order chi connectivity index (χ1) is 29.0. The van der Waals surface area contributed by atoms with Gasteiger partial charge in [0.1, 0.15) is 18.0 Å².